The van der Waals surface area contributed by atoms with Crippen molar-refractivity contribution in [2.24, 2.45) is 0 Å². The molecule has 1 aliphatic rings. The summed E-state index contributed by atoms with van der Waals surface area (Å²) in [6.07, 6.45) is 1.50. The maximum atomic E-state index is 11.9. The average molecular weight is 259 g/mol. The predicted octanol–water partition coefficient (Wildman–Crippen LogP) is 0.204. The van der Waals surface area contributed by atoms with Gasteiger partial charge >= 0.3 is 5.97 Å². The van der Waals surface area contributed by atoms with Gasteiger partial charge in [0.1, 0.15) is 12.6 Å². The standard InChI is InChI=1S/C12H21NO5/c1-3-18-12(15)10-5-4-6-13(10)11(14)9-17-8-7-16-2/h10H,3-9H2,1-2H3. The molecule has 1 saturated heterocycles. The van der Waals surface area contributed by atoms with Crippen molar-refractivity contribution in [1.82, 2.24) is 4.90 Å². The van der Waals surface area contributed by atoms with Gasteiger partial charge in [-0.25, -0.2) is 4.79 Å². The van der Waals surface area contributed by atoms with Crippen LogP contribution in [0.2, 0.25) is 0 Å². The van der Waals surface area contributed by atoms with Crippen molar-refractivity contribution in [2.75, 3.05) is 40.1 Å². The van der Waals surface area contributed by atoms with Gasteiger partial charge in [-0.15, -0.1) is 0 Å². The molecule has 18 heavy (non-hydrogen) atoms. The van der Waals surface area contributed by atoms with Gasteiger partial charge in [-0.05, 0) is 19.8 Å². The third-order valence-corrected chi connectivity index (χ3v) is 2.79. The SMILES string of the molecule is CCOC(=O)C1CCCN1C(=O)COCCOC. The van der Waals surface area contributed by atoms with E-state index >= 15 is 0 Å². The first-order valence-electron chi connectivity index (χ1n) is 6.23. The molecule has 0 radical (unpaired) electrons. The summed E-state index contributed by atoms with van der Waals surface area (Å²) in [4.78, 5) is 25.1. The first kappa shape index (κ1) is 14.9. The molecule has 1 rings (SSSR count). The van der Waals surface area contributed by atoms with Crippen molar-refractivity contribution in [3.05, 3.63) is 0 Å². The lowest BCUT2D eigenvalue weighted by molar-refractivity contribution is -0.154. The highest BCUT2D eigenvalue weighted by Crippen LogP contribution is 2.18. The molecule has 6 heteroatoms. The third kappa shape index (κ3) is 4.27. The van der Waals surface area contributed by atoms with Gasteiger partial charge in [0.05, 0.1) is 19.8 Å². The highest BCUT2D eigenvalue weighted by molar-refractivity contribution is 5.85. The van der Waals surface area contributed by atoms with Crippen LogP contribution in [0, 0.1) is 0 Å². The first-order chi connectivity index (χ1) is 8.70. The Balaban J connectivity index is 2.38. The number of carbonyl (C=O) groups excluding carboxylic acids is 2. The van der Waals surface area contributed by atoms with E-state index in [-0.39, 0.29) is 18.5 Å². The Hall–Kier alpha value is -1.14. The minimum absolute atomic E-state index is 0.0146. The van der Waals surface area contributed by atoms with Gasteiger partial charge in [0.15, 0.2) is 0 Å². The van der Waals surface area contributed by atoms with Gasteiger partial charge in [-0.1, -0.05) is 0 Å². The van der Waals surface area contributed by atoms with Gasteiger partial charge in [0, 0.05) is 13.7 Å². The molecule has 1 fully saturated rings. The van der Waals surface area contributed by atoms with Gasteiger partial charge in [-0.2, -0.15) is 0 Å². The summed E-state index contributed by atoms with van der Waals surface area (Å²) in [6.45, 7) is 3.50. The maximum Gasteiger partial charge on any atom is 0.328 e. The van der Waals surface area contributed by atoms with Gasteiger partial charge in [0.2, 0.25) is 5.91 Å². The van der Waals surface area contributed by atoms with E-state index in [1.54, 1.807) is 18.9 Å². The van der Waals surface area contributed by atoms with Crippen molar-refractivity contribution >= 4 is 11.9 Å². The number of nitrogens with zero attached hydrogens (tertiary/aromatic N) is 1. The van der Waals surface area contributed by atoms with Crippen molar-refractivity contribution < 1.29 is 23.8 Å². The Labute approximate surface area is 107 Å². The molecule has 104 valence electrons. The zero-order valence-corrected chi connectivity index (χ0v) is 11.0. The number of amides is 1. The number of hydrogen-bond donors (Lipinski definition) is 0. The lowest BCUT2D eigenvalue weighted by Crippen LogP contribution is -2.43. The van der Waals surface area contributed by atoms with Gasteiger partial charge in [-0.3, -0.25) is 4.79 Å². The minimum atomic E-state index is -0.441. The van der Waals surface area contributed by atoms with E-state index in [9.17, 15) is 9.59 Å². The fourth-order valence-electron chi connectivity index (χ4n) is 1.93. The van der Waals surface area contributed by atoms with Crippen LogP contribution in [0.1, 0.15) is 19.8 Å². The number of esters is 1. The van der Waals surface area contributed by atoms with Gasteiger partial charge in [0.25, 0.3) is 0 Å². The lowest BCUT2D eigenvalue weighted by atomic mass is 10.2. The Morgan fingerprint density at radius 1 is 1.33 bits per heavy atom. The van der Waals surface area contributed by atoms with Crippen LogP contribution in [0.3, 0.4) is 0 Å². The molecular weight excluding hydrogens is 238 g/mol. The van der Waals surface area contributed by atoms with Crippen molar-refractivity contribution in [3.63, 3.8) is 0 Å². The normalized spacial score (nSPS) is 19.0. The summed E-state index contributed by atoms with van der Waals surface area (Å²) in [5.74, 6) is -0.484. The second kappa shape index (κ2) is 8.05. The predicted molar refractivity (Wildman–Crippen MR) is 64.1 cm³/mol. The van der Waals surface area contributed by atoms with Crippen molar-refractivity contribution in [3.8, 4) is 0 Å². The molecule has 0 N–H and O–H groups in total. The summed E-state index contributed by atoms with van der Waals surface area (Å²) in [7, 11) is 1.57. The van der Waals surface area contributed by atoms with Gasteiger partial charge < -0.3 is 19.1 Å². The fourth-order valence-corrected chi connectivity index (χ4v) is 1.93. The largest absolute Gasteiger partial charge is 0.464 e. The smallest absolute Gasteiger partial charge is 0.328 e. The summed E-state index contributed by atoms with van der Waals surface area (Å²) < 4.78 is 14.9. The number of hydrogen-bond acceptors (Lipinski definition) is 5. The molecule has 0 bridgehead atoms. The zero-order chi connectivity index (χ0) is 13.4. The van der Waals surface area contributed by atoms with Crippen LogP contribution < -0.4 is 0 Å². The number of rotatable bonds is 7. The Morgan fingerprint density at radius 3 is 2.78 bits per heavy atom. The van der Waals surface area contributed by atoms with Crippen LogP contribution in [0.4, 0.5) is 0 Å². The number of carbonyl (C=O) groups is 2. The summed E-state index contributed by atoms with van der Waals surface area (Å²) in [5.41, 5.74) is 0. The van der Waals surface area contributed by atoms with Crippen LogP contribution in [0.25, 0.3) is 0 Å². The fraction of sp³-hybridized carbons (Fsp3) is 0.833. The van der Waals surface area contributed by atoms with Crippen LogP contribution in [-0.2, 0) is 23.8 Å². The van der Waals surface area contributed by atoms with E-state index in [0.29, 0.717) is 32.8 Å². The molecule has 1 amide bonds. The van der Waals surface area contributed by atoms with Crippen LogP contribution >= 0.6 is 0 Å². The number of ether oxygens (including phenoxy) is 3. The maximum absolute atomic E-state index is 11.9. The van der Waals surface area contributed by atoms with E-state index in [0.717, 1.165) is 6.42 Å². The molecule has 0 aromatic rings. The Kier molecular flexibility index (Phi) is 6.67. The van der Waals surface area contributed by atoms with E-state index in [1.807, 2.05) is 0 Å². The summed E-state index contributed by atoms with van der Waals surface area (Å²) in [5, 5.41) is 0. The molecule has 0 aliphatic carbocycles. The van der Waals surface area contributed by atoms with E-state index in [1.165, 1.54) is 0 Å². The zero-order valence-electron chi connectivity index (χ0n) is 11.0. The third-order valence-electron chi connectivity index (χ3n) is 2.79. The molecule has 1 unspecified atom stereocenters. The topological polar surface area (TPSA) is 65.1 Å². The Morgan fingerprint density at radius 2 is 2.11 bits per heavy atom. The van der Waals surface area contributed by atoms with E-state index in [2.05, 4.69) is 0 Å². The minimum Gasteiger partial charge on any atom is -0.464 e. The van der Waals surface area contributed by atoms with E-state index in [4.69, 9.17) is 14.2 Å². The highest BCUT2D eigenvalue weighted by atomic mass is 16.5. The molecular formula is C12H21NO5. The second-order valence-corrected chi connectivity index (χ2v) is 4.04. The van der Waals surface area contributed by atoms with Crippen molar-refractivity contribution in [1.29, 1.82) is 0 Å². The van der Waals surface area contributed by atoms with E-state index < -0.39 is 6.04 Å². The molecule has 0 aromatic heterocycles. The Bertz CT molecular complexity index is 282. The molecule has 0 spiro atoms. The second-order valence-electron chi connectivity index (χ2n) is 4.04. The molecule has 0 saturated carbocycles. The number of likely N-dealkylation sites (tertiary alicyclic amines) is 1. The molecule has 1 aliphatic heterocycles. The highest BCUT2D eigenvalue weighted by Gasteiger charge is 2.34. The summed E-state index contributed by atoms with van der Waals surface area (Å²) in [6, 6.07) is -0.441. The average Bonchev–Trinajstić information content (AvgIpc) is 2.84. The first-order valence-corrected chi connectivity index (χ1v) is 6.23. The van der Waals surface area contributed by atoms with Crippen molar-refractivity contribution in [2.45, 2.75) is 25.8 Å². The molecule has 6 nitrogen and oxygen atoms in total. The molecule has 1 atom stereocenters. The lowest BCUT2D eigenvalue weighted by Gasteiger charge is -2.22. The van der Waals surface area contributed by atoms with Crippen LogP contribution in [-0.4, -0.2) is 62.9 Å². The quantitative estimate of drug-likeness (QED) is 0.483. The van der Waals surface area contributed by atoms with Crippen LogP contribution in [0.15, 0.2) is 0 Å². The van der Waals surface area contributed by atoms with Crippen LogP contribution in [0.5, 0.6) is 0 Å². The number of methoxy groups -OCH3 is 1. The molecule has 1 heterocycles. The monoisotopic (exact) mass is 259 g/mol. The molecule has 0 aromatic carbocycles. The summed E-state index contributed by atoms with van der Waals surface area (Å²) >= 11 is 0.